The van der Waals surface area contributed by atoms with Crippen molar-refractivity contribution in [2.24, 2.45) is 0 Å². The van der Waals surface area contributed by atoms with Crippen molar-refractivity contribution in [3.63, 3.8) is 0 Å². The highest BCUT2D eigenvalue weighted by Crippen LogP contribution is 2.34. The molecular formula is C15H13BrN2O6S. The SMILES string of the molecule is Nc1c(NS(=O)(=O)c2ccc3c(c2)OCCO3)cc(Br)cc1C(=O)O. The molecule has 0 unspecified atom stereocenters. The van der Waals surface area contributed by atoms with E-state index in [-0.39, 0.29) is 21.8 Å². The summed E-state index contributed by atoms with van der Waals surface area (Å²) in [6.45, 7) is 0.717. The fourth-order valence-corrected chi connectivity index (χ4v) is 3.82. The molecule has 132 valence electrons. The molecule has 10 heteroatoms. The average Bonchev–Trinajstić information content (AvgIpc) is 2.57. The second kappa shape index (κ2) is 6.45. The first-order valence-corrected chi connectivity index (χ1v) is 9.30. The molecule has 0 radical (unpaired) electrons. The number of nitrogen functional groups attached to an aromatic ring is 1. The van der Waals surface area contributed by atoms with Gasteiger partial charge in [0, 0.05) is 10.5 Å². The van der Waals surface area contributed by atoms with Gasteiger partial charge in [0.2, 0.25) is 0 Å². The lowest BCUT2D eigenvalue weighted by molar-refractivity contribution is 0.0698. The Hall–Kier alpha value is -2.46. The molecule has 25 heavy (non-hydrogen) atoms. The minimum Gasteiger partial charge on any atom is -0.486 e. The van der Waals surface area contributed by atoms with Crippen molar-refractivity contribution in [2.75, 3.05) is 23.7 Å². The number of carbonyl (C=O) groups is 1. The van der Waals surface area contributed by atoms with Crippen LogP contribution in [0.2, 0.25) is 0 Å². The van der Waals surface area contributed by atoms with Crippen LogP contribution >= 0.6 is 15.9 Å². The van der Waals surface area contributed by atoms with Crippen molar-refractivity contribution in [1.82, 2.24) is 0 Å². The largest absolute Gasteiger partial charge is 0.486 e. The van der Waals surface area contributed by atoms with E-state index >= 15 is 0 Å². The van der Waals surface area contributed by atoms with Gasteiger partial charge in [-0.3, -0.25) is 4.72 Å². The van der Waals surface area contributed by atoms with Crippen LogP contribution in [-0.2, 0) is 10.0 Å². The van der Waals surface area contributed by atoms with Gasteiger partial charge in [0.15, 0.2) is 11.5 Å². The highest BCUT2D eigenvalue weighted by Gasteiger charge is 2.22. The Bertz CT molecular complexity index is 961. The minimum atomic E-state index is -4.01. The van der Waals surface area contributed by atoms with Crippen molar-refractivity contribution < 1.29 is 27.8 Å². The monoisotopic (exact) mass is 428 g/mol. The maximum absolute atomic E-state index is 12.6. The number of nitrogens with one attached hydrogen (secondary N) is 1. The van der Waals surface area contributed by atoms with Gasteiger partial charge in [-0.15, -0.1) is 0 Å². The zero-order chi connectivity index (χ0) is 18.2. The Labute approximate surface area is 151 Å². The van der Waals surface area contributed by atoms with E-state index in [0.29, 0.717) is 29.2 Å². The maximum Gasteiger partial charge on any atom is 0.337 e. The molecule has 1 aliphatic rings. The van der Waals surface area contributed by atoms with Crippen LogP contribution in [0.3, 0.4) is 0 Å². The van der Waals surface area contributed by atoms with E-state index in [0.717, 1.165) is 0 Å². The smallest absolute Gasteiger partial charge is 0.337 e. The van der Waals surface area contributed by atoms with Gasteiger partial charge in [-0.1, -0.05) is 15.9 Å². The lowest BCUT2D eigenvalue weighted by Gasteiger charge is -2.19. The third-order valence-corrected chi connectivity index (χ3v) is 5.26. The van der Waals surface area contributed by atoms with E-state index in [1.807, 2.05) is 0 Å². The van der Waals surface area contributed by atoms with Crippen LogP contribution in [0.15, 0.2) is 39.7 Å². The molecule has 2 aromatic rings. The fraction of sp³-hybridized carbons (Fsp3) is 0.133. The summed E-state index contributed by atoms with van der Waals surface area (Å²) >= 11 is 3.14. The maximum atomic E-state index is 12.6. The van der Waals surface area contributed by atoms with Gasteiger partial charge >= 0.3 is 5.97 Å². The van der Waals surface area contributed by atoms with E-state index < -0.39 is 16.0 Å². The Morgan fingerprint density at radius 2 is 1.84 bits per heavy atom. The number of carboxylic acids is 1. The number of halogens is 1. The first kappa shape index (κ1) is 17.4. The van der Waals surface area contributed by atoms with Crippen molar-refractivity contribution >= 4 is 43.3 Å². The summed E-state index contributed by atoms with van der Waals surface area (Å²) in [6.07, 6.45) is 0. The van der Waals surface area contributed by atoms with Gasteiger partial charge in [0.05, 0.1) is 21.8 Å². The quantitative estimate of drug-likeness (QED) is 0.637. The third kappa shape index (κ3) is 3.49. The summed E-state index contributed by atoms with van der Waals surface area (Å²) in [7, 11) is -4.01. The molecule has 0 spiro atoms. The van der Waals surface area contributed by atoms with Crippen LogP contribution in [0.5, 0.6) is 11.5 Å². The van der Waals surface area contributed by atoms with E-state index in [1.54, 1.807) is 0 Å². The Morgan fingerprint density at radius 1 is 1.16 bits per heavy atom. The van der Waals surface area contributed by atoms with E-state index in [1.165, 1.54) is 30.3 Å². The summed E-state index contributed by atoms with van der Waals surface area (Å²) in [6, 6.07) is 6.87. The van der Waals surface area contributed by atoms with Gasteiger partial charge in [0.25, 0.3) is 10.0 Å². The zero-order valence-corrected chi connectivity index (χ0v) is 15.1. The molecular weight excluding hydrogens is 416 g/mol. The molecule has 2 aromatic carbocycles. The number of ether oxygens (including phenoxy) is 2. The lowest BCUT2D eigenvalue weighted by Crippen LogP contribution is -2.18. The van der Waals surface area contributed by atoms with Gasteiger partial charge in [-0.2, -0.15) is 0 Å². The Balaban J connectivity index is 1.99. The molecule has 3 rings (SSSR count). The number of benzene rings is 2. The molecule has 0 aromatic heterocycles. The Morgan fingerprint density at radius 3 is 2.52 bits per heavy atom. The van der Waals surface area contributed by atoms with E-state index in [9.17, 15) is 13.2 Å². The number of fused-ring (bicyclic) bond motifs is 1. The standard InChI is InChI=1S/C15H13BrN2O6S/c16-8-5-10(15(19)20)14(17)11(6-8)18-25(21,22)9-1-2-12-13(7-9)24-4-3-23-12/h1-2,5-7,18H,3-4,17H2,(H,19,20). The summed E-state index contributed by atoms with van der Waals surface area (Å²) in [5.74, 6) is -0.485. The molecule has 0 saturated heterocycles. The van der Waals surface area contributed by atoms with Crippen LogP contribution in [0.4, 0.5) is 11.4 Å². The van der Waals surface area contributed by atoms with Gasteiger partial charge in [-0.25, -0.2) is 13.2 Å². The van der Waals surface area contributed by atoms with Crippen molar-refractivity contribution in [2.45, 2.75) is 4.90 Å². The number of anilines is 2. The molecule has 0 atom stereocenters. The number of nitrogens with two attached hydrogens (primary N) is 1. The molecule has 8 nitrogen and oxygen atoms in total. The number of hydrogen-bond donors (Lipinski definition) is 3. The topological polar surface area (TPSA) is 128 Å². The predicted molar refractivity (Wildman–Crippen MR) is 93.8 cm³/mol. The van der Waals surface area contributed by atoms with Crippen LogP contribution in [0.1, 0.15) is 10.4 Å². The lowest BCUT2D eigenvalue weighted by atomic mass is 10.1. The van der Waals surface area contributed by atoms with Gasteiger partial charge < -0.3 is 20.3 Å². The van der Waals surface area contributed by atoms with Gasteiger partial charge in [-0.05, 0) is 24.3 Å². The van der Waals surface area contributed by atoms with E-state index in [4.69, 9.17) is 20.3 Å². The molecule has 4 N–H and O–H groups in total. The number of aromatic carboxylic acids is 1. The fourth-order valence-electron chi connectivity index (χ4n) is 2.27. The van der Waals surface area contributed by atoms with Crippen LogP contribution < -0.4 is 19.9 Å². The summed E-state index contributed by atoms with van der Waals surface area (Å²) in [5.41, 5.74) is 5.34. The highest BCUT2D eigenvalue weighted by atomic mass is 79.9. The number of sulfonamides is 1. The highest BCUT2D eigenvalue weighted by molar-refractivity contribution is 9.10. The van der Waals surface area contributed by atoms with Crippen LogP contribution in [0, 0.1) is 0 Å². The van der Waals surface area contributed by atoms with Crippen LogP contribution in [0.25, 0.3) is 0 Å². The first-order chi connectivity index (χ1) is 11.8. The number of rotatable bonds is 4. The molecule has 0 bridgehead atoms. The molecule has 0 fully saturated rings. The van der Waals surface area contributed by atoms with Crippen molar-refractivity contribution in [1.29, 1.82) is 0 Å². The van der Waals surface area contributed by atoms with E-state index in [2.05, 4.69) is 20.7 Å². The third-order valence-electron chi connectivity index (χ3n) is 3.44. The number of hydrogen-bond acceptors (Lipinski definition) is 6. The molecule has 0 saturated carbocycles. The predicted octanol–water partition coefficient (Wildman–Crippen LogP) is 2.30. The minimum absolute atomic E-state index is 0.0401. The molecule has 0 aliphatic carbocycles. The zero-order valence-electron chi connectivity index (χ0n) is 12.7. The van der Waals surface area contributed by atoms with Crippen LogP contribution in [-0.4, -0.2) is 32.7 Å². The van der Waals surface area contributed by atoms with Crippen molar-refractivity contribution in [3.05, 3.63) is 40.4 Å². The Kier molecular flexibility index (Phi) is 4.48. The second-order valence-corrected chi connectivity index (χ2v) is 7.73. The van der Waals surface area contributed by atoms with Crippen molar-refractivity contribution in [3.8, 4) is 11.5 Å². The van der Waals surface area contributed by atoms with Gasteiger partial charge in [0.1, 0.15) is 13.2 Å². The molecule has 1 heterocycles. The molecule has 0 amide bonds. The molecule has 1 aliphatic heterocycles. The normalized spacial score (nSPS) is 13.3. The summed E-state index contributed by atoms with van der Waals surface area (Å²) in [4.78, 5) is 11.2. The number of carboxylic acid groups (broad SMARTS) is 1. The second-order valence-electron chi connectivity index (χ2n) is 5.13. The summed E-state index contributed by atoms with van der Waals surface area (Å²) in [5, 5.41) is 9.15. The summed E-state index contributed by atoms with van der Waals surface area (Å²) < 4.78 is 38.6. The first-order valence-electron chi connectivity index (χ1n) is 7.03. The average molecular weight is 429 g/mol.